The van der Waals surface area contributed by atoms with Crippen LogP contribution in [0.25, 0.3) is 0 Å². The fourth-order valence-electron chi connectivity index (χ4n) is 10.2. The second kappa shape index (κ2) is 69.1. The fourth-order valence-corrected chi connectivity index (χ4v) is 10.2. The molecule has 0 radical (unpaired) electrons. The molecule has 0 N–H and O–H groups in total. The van der Waals surface area contributed by atoms with E-state index >= 15 is 0 Å². The molecule has 0 amide bonds. The van der Waals surface area contributed by atoms with Crippen molar-refractivity contribution in [3.63, 3.8) is 0 Å². The minimum absolute atomic E-state index is 0.0737. The van der Waals surface area contributed by atoms with E-state index in [0.29, 0.717) is 19.3 Å². The van der Waals surface area contributed by atoms with Crippen molar-refractivity contribution < 1.29 is 28.6 Å². The van der Waals surface area contributed by atoms with Crippen LogP contribution < -0.4 is 0 Å². The van der Waals surface area contributed by atoms with Gasteiger partial charge in [-0.15, -0.1) is 0 Å². The van der Waals surface area contributed by atoms with Crippen molar-refractivity contribution in [3.05, 3.63) is 85.1 Å². The monoisotopic (exact) mass is 1130 g/mol. The third-order valence-corrected chi connectivity index (χ3v) is 15.4. The van der Waals surface area contributed by atoms with Gasteiger partial charge in [-0.25, -0.2) is 0 Å². The highest BCUT2D eigenvalue weighted by molar-refractivity contribution is 5.71. The molecule has 0 fully saturated rings. The molecular weight excluding hydrogens is 997 g/mol. The number of hydrogen-bond acceptors (Lipinski definition) is 6. The molecule has 81 heavy (non-hydrogen) atoms. The van der Waals surface area contributed by atoms with E-state index in [0.717, 1.165) is 96.3 Å². The average molecular weight is 1130 g/mol. The van der Waals surface area contributed by atoms with E-state index in [1.54, 1.807) is 0 Å². The number of hydrogen-bond donors (Lipinski definition) is 0. The van der Waals surface area contributed by atoms with Crippen LogP contribution in [0.3, 0.4) is 0 Å². The maximum atomic E-state index is 12.9. The van der Waals surface area contributed by atoms with Crippen molar-refractivity contribution in [2.75, 3.05) is 13.2 Å². The molecule has 0 saturated heterocycles. The van der Waals surface area contributed by atoms with Gasteiger partial charge >= 0.3 is 17.9 Å². The zero-order valence-corrected chi connectivity index (χ0v) is 53.8. The van der Waals surface area contributed by atoms with Gasteiger partial charge in [-0.05, 0) is 96.3 Å². The zero-order chi connectivity index (χ0) is 58.5. The van der Waals surface area contributed by atoms with Gasteiger partial charge in [-0.1, -0.05) is 324 Å². The summed E-state index contributed by atoms with van der Waals surface area (Å²) in [5.41, 5.74) is 0. The highest BCUT2D eigenvalue weighted by Crippen LogP contribution is 2.17. The van der Waals surface area contributed by atoms with Gasteiger partial charge < -0.3 is 14.2 Å². The number of rotatable bonds is 64. The summed E-state index contributed by atoms with van der Waals surface area (Å²) in [6.45, 7) is 6.56. The average Bonchev–Trinajstić information content (AvgIpc) is 3.46. The quantitative estimate of drug-likeness (QED) is 0.0261. The Morgan fingerprint density at radius 2 is 0.481 bits per heavy atom. The van der Waals surface area contributed by atoms with Crippen LogP contribution in [0.5, 0.6) is 0 Å². The van der Waals surface area contributed by atoms with Crippen LogP contribution in [0.15, 0.2) is 85.1 Å². The van der Waals surface area contributed by atoms with Crippen LogP contribution in [0, 0.1) is 0 Å². The normalized spacial score (nSPS) is 12.6. The highest BCUT2D eigenvalue weighted by atomic mass is 16.6. The van der Waals surface area contributed by atoms with Crippen molar-refractivity contribution in [3.8, 4) is 0 Å². The predicted octanol–water partition coefficient (Wildman–Crippen LogP) is 24.2. The van der Waals surface area contributed by atoms with E-state index in [4.69, 9.17) is 14.2 Å². The lowest BCUT2D eigenvalue weighted by molar-refractivity contribution is -0.167. The van der Waals surface area contributed by atoms with Crippen LogP contribution in [0.2, 0.25) is 0 Å². The first-order valence-electron chi connectivity index (χ1n) is 35.1. The summed E-state index contributed by atoms with van der Waals surface area (Å²) in [7, 11) is 0. The summed E-state index contributed by atoms with van der Waals surface area (Å²) in [5, 5.41) is 0. The lowest BCUT2D eigenvalue weighted by atomic mass is 10.0. The SMILES string of the molecule is CC/C=C\C/C=C\C/C=C\C/C=C\C/C=C\CCCCCCCCCCCCCCCC(=O)OCC(COC(=O)CCCCCCCCCCCCCCC)OC(=O)CCCCCCCCCCC/C=C\C/C=C\CCCCCCC. The van der Waals surface area contributed by atoms with Crippen molar-refractivity contribution in [1.29, 1.82) is 0 Å². The summed E-state index contributed by atoms with van der Waals surface area (Å²) < 4.78 is 17.0. The molecule has 0 aromatic carbocycles. The second-order valence-corrected chi connectivity index (χ2v) is 23.4. The molecule has 6 heteroatoms. The smallest absolute Gasteiger partial charge is 0.306 e. The Bertz CT molecular complexity index is 1530. The summed E-state index contributed by atoms with van der Waals surface area (Å²) in [5.74, 6) is -0.860. The first-order valence-corrected chi connectivity index (χ1v) is 35.1. The molecule has 0 saturated carbocycles. The first-order chi connectivity index (χ1) is 40.0. The van der Waals surface area contributed by atoms with Crippen LogP contribution in [-0.4, -0.2) is 37.2 Å². The molecular formula is C75H132O6. The maximum Gasteiger partial charge on any atom is 0.306 e. The van der Waals surface area contributed by atoms with E-state index < -0.39 is 6.10 Å². The zero-order valence-electron chi connectivity index (χ0n) is 53.8. The molecule has 1 atom stereocenters. The predicted molar refractivity (Wildman–Crippen MR) is 353 cm³/mol. The lowest BCUT2D eigenvalue weighted by Crippen LogP contribution is -2.30. The van der Waals surface area contributed by atoms with Crippen LogP contribution >= 0.6 is 0 Å². The second-order valence-electron chi connectivity index (χ2n) is 23.4. The summed E-state index contributed by atoms with van der Waals surface area (Å²) in [6, 6.07) is 0. The first kappa shape index (κ1) is 77.6. The van der Waals surface area contributed by atoms with Gasteiger partial charge in [0.2, 0.25) is 0 Å². The topological polar surface area (TPSA) is 78.9 Å². The minimum Gasteiger partial charge on any atom is -0.462 e. The molecule has 0 rings (SSSR count). The van der Waals surface area contributed by atoms with Gasteiger partial charge in [-0.2, -0.15) is 0 Å². The largest absolute Gasteiger partial charge is 0.462 e. The Balaban J connectivity index is 4.26. The summed E-state index contributed by atoms with van der Waals surface area (Å²) in [4.78, 5) is 38.4. The van der Waals surface area contributed by atoms with E-state index in [1.165, 1.54) is 218 Å². The van der Waals surface area contributed by atoms with Gasteiger partial charge in [0.25, 0.3) is 0 Å². The Labute approximate surface area is 503 Å². The van der Waals surface area contributed by atoms with Crippen molar-refractivity contribution in [1.82, 2.24) is 0 Å². The Morgan fingerprint density at radius 3 is 0.753 bits per heavy atom. The number of ether oxygens (including phenoxy) is 3. The summed E-state index contributed by atoms with van der Waals surface area (Å²) >= 11 is 0. The van der Waals surface area contributed by atoms with Gasteiger partial charge in [0.05, 0.1) is 0 Å². The van der Waals surface area contributed by atoms with Gasteiger partial charge in [0.15, 0.2) is 6.10 Å². The number of esters is 3. The minimum atomic E-state index is -0.778. The molecule has 0 bridgehead atoms. The third-order valence-electron chi connectivity index (χ3n) is 15.4. The highest BCUT2D eigenvalue weighted by Gasteiger charge is 2.19. The molecule has 0 aliphatic carbocycles. The standard InChI is InChI=1S/C75H132O6/c1-4-7-10-13-16-19-22-25-27-29-31-33-34-35-36-37-38-39-40-42-43-45-47-50-53-56-59-62-65-68-74(77)80-71-72(70-79-73(76)67-64-61-58-55-52-49-24-21-18-15-12-9-6-3)81-75(78)69-66-63-60-57-54-51-48-46-44-41-32-30-28-26-23-20-17-14-11-8-5-2/h7,10,16,19,23,25-27,30-33,35-36,72H,4-6,8-9,11-15,17-18,20-22,24,28-29,34,37-71H2,1-3H3/b10-7-,19-16-,26-23-,27-25-,32-30-,33-31-,36-35-. The van der Waals surface area contributed by atoms with E-state index in [2.05, 4.69) is 106 Å². The molecule has 468 valence electrons. The number of carbonyl (C=O) groups excluding carboxylic acids is 3. The number of carbonyl (C=O) groups is 3. The van der Waals surface area contributed by atoms with Crippen molar-refractivity contribution in [2.24, 2.45) is 0 Å². The van der Waals surface area contributed by atoms with Crippen molar-refractivity contribution in [2.45, 2.75) is 361 Å². The lowest BCUT2D eigenvalue weighted by Gasteiger charge is -2.18. The fraction of sp³-hybridized carbons (Fsp3) is 0.773. The molecule has 1 unspecified atom stereocenters. The van der Waals surface area contributed by atoms with Crippen molar-refractivity contribution >= 4 is 17.9 Å². The number of unbranched alkanes of at least 4 members (excludes halogenated alkanes) is 39. The molecule has 0 aliphatic heterocycles. The van der Waals surface area contributed by atoms with Gasteiger partial charge in [0.1, 0.15) is 13.2 Å². The van der Waals surface area contributed by atoms with E-state index in [-0.39, 0.29) is 31.1 Å². The Kier molecular flexibility index (Phi) is 66.2. The molecule has 0 aromatic rings. The maximum absolute atomic E-state index is 12.9. The van der Waals surface area contributed by atoms with Gasteiger partial charge in [-0.3, -0.25) is 14.4 Å². The van der Waals surface area contributed by atoms with Gasteiger partial charge in [0, 0.05) is 19.3 Å². The van der Waals surface area contributed by atoms with Crippen LogP contribution in [0.4, 0.5) is 0 Å². The molecule has 0 aliphatic rings. The van der Waals surface area contributed by atoms with E-state index in [1.807, 2.05) is 0 Å². The van der Waals surface area contributed by atoms with Crippen LogP contribution in [-0.2, 0) is 28.6 Å². The molecule has 0 aromatic heterocycles. The Hall–Kier alpha value is -3.41. The number of allylic oxidation sites excluding steroid dienone is 14. The van der Waals surface area contributed by atoms with Crippen LogP contribution in [0.1, 0.15) is 355 Å². The molecule has 0 spiro atoms. The molecule has 6 nitrogen and oxygen atoms in total. The van der Waals surface area contributed by atoms with E-state index in [9.17, 15) is 14.4 Å². The third kappa shape index (κ3) is 67.3. The Morgan fingerprint density at radius 1 is 0.259 bits per heavy atom. The summed E-state index contributed by atoms with van der Waals surface area (Å²) in [6.07, 6.45) is 91.7. The molecule has 0 heterocycles.